The summed E-state index contributed by atoms with van der Waals surface area (Å²) in [6, 6.07) is 15.6. The monoisotopic (exact) mass is 392 g/mol. The number of carbonyl (C=O) groups is 1. The first-order valence-electron chi connectivity index (χ1n) is 9.76. The van der Waals surface area contributed by atoms with E-state index in [4.69, 9.17) is 14.0 Å². The fourth-order valence-corrected chi connectivity index (χ4v) is 3.43. The van der Waals surface area contributed by atoms with E-state index >= 15 is 0 Å². The van der Waals surface area contributed by atoms with Gasteiger partial charge < -0.3 is 19.3 Å². The van der Waals surface area contributed by atoms with Crippen LogP contribution in [0.25, 0.3) is 11.3 Å². The van der Waals surface area contributed by atoms with Gasteiger partial charge in [0.1, 0.15) is 23.3 Å². The van der Waals surface area contributed by atoms with Gasteiger partial charge in [0.2, 0.25) is 5.91 Å². The molecule has 2 heterocycles. The summed E-state index contributed by atoms with van der Waals surface area (Å²) in [5.41, 5.74) is 3.94. The van der Waals surface area contributed by atoms with E-state index in [0.717, 1.165) is 29.0 Å². The molecule has 0 spiro atoms. The molecule has 150 valence electrons. The van der Waals surface area contributed by atoms with Crippen LogP contribution >= 0.6 is 0 Å². The highest BCUT2D eigenvalue weighted by Crippen LogP contribution is 2.33. The first-order chi connectivity index (χ1) is 14.1. The number of amides is 1. The van der Waals surface area contributed by atoms with Crippen molar-refractivity contribution in [3.8, 4) is 22.8 Å². The van der Waals surface area contributed by atoms with Crippen molar-refractivity contribution in [1.29, 1.82) is 0 Å². The quantitative estimate of drug-likeness (QED) is 0.660. The lowest BCUT2D eigenvalue weighted by Crippen LogP contribution is -2.23. The highest BCUT2D eigenvalue weighted by atomic mass is 16.5. The minimum atomic E-state index is -0.0194. The maximum Gasteiger partial charge on any atom is 0.220 e. The average Bonchev–Trinajstić information content (AvgIpc) is 3.36. The minimum absolute atomic E-state index is 0.0194. The predicted octanol–water partition coefficient (Wildman–Crippen LogP) is 3.92. The number of aryl methyl sites for hydroxylation is 1. The molecule has 1 N–H and O–H groups in total. The normalized spacial score (nSPS) is 14.9. The number of methoxy groups -OCH3 is 1. The maximum atomic E-state index is 12.1. The van der Waals surface area contributed by atoms with E-state index in [1.54, 1.807) is 7.11 Å². The maximum absolute atomic E-state index is 12.1. The molecule has 6 nitrogen and oxygen atoms in total. The number of carbonyl (C=O) groups excluding carboxylic acids is 1. The topological polar surface area (TPSA) is 73.6 Å². The first kappa shape index (κ1) is 19.1. The molecule has 1 unspecified atom stereocenters. The van der Waals surface area contributed by atoms with Crippen molar-refractivity contribution >= 4 is 5.91 Å². The number of hydrogen-bond donors (Lipinski definition) is 1. The summed E-state index contributed by atoms with van der Waals surface area (Å²) in [7, 11) is 1.64. The van der Waals surface area contributed by atoms with E-state index in [-0.39, 0.29) is 12.0 Å². The highest BCUT2D eigenvalue weighted by molar-refractivity contribution is 5.76. The Kier molecular flexibility index (Phi) is 5.51. The Hall–Kier alpha value is -3.28. The third kappa shape index (κ3) is 4.59. The van der Waals surface area contributed by atoms with Crippen molar-refractivity contribution in [3.63, 3.8) is 0 Å². The Bertz CT molecular complexity index is 994. The van der Waals surface area contributed by atoms with Crippen LogP contribution in [0.4, 0.5) is 0 Å². The fraction of sp³-hybridized carbons (Fsp3) is 0.304. The molecule has 0 fully saturated rings. The van der Waals surface area contributed by atoms with Gasteiger partial charge >= 0.3 is 0 Å². The molecular formula is C23H24N2O4. The number of benzene rings is 2. The Balaban J connectivity index is 1.29. The van der Waals surface area contributed by atoms with Crippen molar-refractivity contribution in [1.82, 2.24) is 10.5 Å². The van der Waals surface area contributed by atoms with Crippen LogP contribution in [0.2, 0.25) is 0 Å². The van der Waals surface area contributed by atoms with Crippen molar-refractivity contribution in [2.75, 3.05) is 7.11 Å². The van der Waals surface area contributed by atoms with E-state index in [9.17, 15) is 4.79 Å². The van der Waals surface area contributed by atoms with Gasteiger partial charge in [-0.3, -0.25) is 4.79 Å². The molecule has 1 amide bonds. The number of aromatic nitrogens is 1. The molecule has 4 rings (SSSR count). The van der Waals surface area contributed by atoms with Crippen LogP contribution in [-0.4, -0.2) is 24.3 Å². The van der Waals surface area contributed by atoms with E-state index in [2.05, 4.69) is 23.5 Å². The molecule has 1 aliphatic rings. The number of nitrogens with zero attached hydrogens (tertiary/aromatic N) is 1. The van der Waals surface area contributed by atoms with Gasteiger partial charge in [-0.15, -0.1) is 0 Å². The summed E-state index contributed by atoms with van der Waals surface area (Å²) in [5, 5.41) is 6.97. The van der Waals surface area contributed by atoms with Crippen LogP contribution in [0.3, 0.4) is 0 Å². The van der Waals surface area contributed by atoms with Crippen molar-refractivity contribution < 1.29 is 18.8 Å². The van der Waals surface area contributed by atoms with Gasteiger partial charge in [0.25, 0.3) is 0 Å². The Morgan fingerprint density at radius 3 is 2.83 bits per heavy atom. The van der Waals surface area contributed by atoms with E-state index in [1.165, 1.54) is 5.56 Å². The molecule has 29 heavy (non-hydrogen) atoms. The third-order valence-corrected chi connectivity index (χ3v) is 5.01. The lowest BCUT2D eigenvalue weighted by Gasteiger charge is -2.04. The smallest absolute Gasteiger partial charge is 0.220 e. The minimum Gasteiger partial charge on any atom is -0.497 e. The zero-order chi connectivity index (χ0) is 20.2. The summed E-state index contributed by atoms with van der Waals surface area (Å²) < 4.78 is 16.3. The molecule has 0 aliphatic carbocycles. The molecule has 1 aromatic heterocycles. The molecule has 6 heteroatoms. The van der Waals surface area contributed by atoms with Gasteiger partial charge in [-0.05, 0) is 54.8 Å². The molecule has 1 aliphatic heterocycles. The number of hydrogen-bond acceptors (Lipinski definition) is 5. The number of rotatable bonds is 7. The van der Waals surface area contributed by atoms with E-state index in [0.29, 0.717) is 30.8 Å². The van der Waals surface area contributed by atoms with Gasteiger partial charge in [0.15, 0.2) is 5.76 Å². The van der Waals surface area contributed by atoms with Crippen molar-refractivity contribution in [3.05, 3.63) is 65.4 Å². The third-order valence-electron chi connectivity index (χ3n) is 5.01. The molecule has 0 saturated carbocycles. The molecule has 0 bridgehead atoms. The van der Waals surface area contributed by atoms with Crippen LogP contribution in [0.5, 0.6) is 11.5 Å². The molecule has 3 aromatic rings. The zero-order valence-corrected chi connectivity index (χ0v) is 16.6. The second-order valence-corrected chi connectivity index (χ2v) is 7.26. The first-order valence-corrected chi connectivity index (χ1v) is 9.76. The Morgan fingerprint density at radius 1 is 1.21 bits per heavy atom. The standard InChI is InChI=1S/C23H24N2O4/c1-15-11-18-12-17(6-9-21(18)28-15)22-13-19(25-29-22)14-24-23(26)10-5-16-3-7-20(27-2)8-4-16/h3-4,6-9,12-13,15H,5,10-11,14H2,1-2H3,(H,24,26). The molecule has 0 saturated heterocycles. The van der Waals surface area contributed by atoms with Crippen molar-refractivity contribution in [2.24, 2.45) is 0 Å². The van der Waals surface area contributed by atoms with Crippen LogP contribution in [-0.2, 0) is 24.2 Å². The lowest BCUT2D eigenvalue weighted by molar-refractivity contribution is -0.121. The number of ether oxygens (including phenoxy) is 2. The van der Waals surface area contributed by atoms with E-state index < -0.39 is 0 Å². The number of fused-ring (bicyclic) bond motifs is 1. The van der Waals surface area contributed by atoms with E-state index in [1.807, 2.05) is 42.5 Å². The molecule has 2 aromatic carbocycles. The molecular weight excluding hydrogens is 368 g/mol. The molecule has 0 radical (unpaired) electrons. The van der Waals surface area contributed by atoms with Gasteiger partial charge in [0, 0.05) is 24.5 Å². The van der Waals surface area contributed by atoms with Gasteiger partial charge in [-0.1, -0.05) is 17.3 Å². The second-order valence-electron chi connectivity index (χ2n) is 7.26. The Morgan fingerprint density at radius 2 is 2.03 bits per heavy atom. The highest BCUT2D eigenvalue weighted by Gasteiger charge is 2.20. The summed E-state index contributed by atoms with van der Waals surface area (Å²) in [6.07, 6.45) is 2.20. The van der Waals surface area contributed by atoms with Crippen LogP contribution in [0.1, 0.15) is 30.2 Å². The number of nitrogens with one attached hydrogen (secondary N) is 1. The zero-order valence-electron chi connectivity index (χ0n) is 16.6. The largest absolute Gasteiger partial charge is 0.497 e. The fourth-order valence-electron chi connectivity index (χ4n) is 3.43. The van der Waals surface area contributed by atoms with Crippen molar-refractivity contribution in [2.45, 2.75) is 38.8 Å². The van der Waals surface area contributed by atoms with Crippen LogP contribution < -0.4 is 14.8 Å². The summed E-state index contributed by atoms with van der Waals surface area (Å²) >= 11 is 0. The predicted molar refractivity (Wildman–Crippen MR) is 109 cm³/mol. The Labute approximate surface area is 169 Å². The molecule has 1 atom stereocenters. The summed E-state index contributed by atoms with van der Waals surface area (Å²) in [6.45, 7) is 2.40. The summed E-state index contributed by atoms with van der Waals surface area (Å²) in [4.78, 5) is 12.1. The van der Waals surface area contributed by atoms with Gasteiger partial charge in [-0.25, -0.2) is 0 Å². The SMILES string of the molecule is COc1ccc(CCC(=O)NCc2cc(-c3ccc4c(c3)CC(C)O4)on2)cc1. The van der Waals surface area contributed by atoms with Crippen LogP contribution in [0, 0.1) is 0 Å². The lowest BCUT2D eigenvalue weighted by atomic mass is 10.1. The second kappa shape index (κ2) is 8.39. The van der Waals surface area contributed by atoms with Gasteiger partial charge in [0.05, 0.1) is 13.7 Å². The van der Waals surface area contributed by atoms with Gasteiger partial charge in [-0.2, -0.15) is 0 Å². The average molecular weight is 392 g/mol. The summed E-state index contributed by atoms with van der Waals surface area (Å²) in [5.74, 6) is 2.42. The van der Waals surface area contributed by atoms with Crippen LogP contribution in [0.15, 0.2) is 53.1 Å².